The molecule has 0 amide bonds. The number of aryl methyl sites for hydroxylation is 2. The van der Waals surface area contributed by atoms with E-state index in [9.17, 15) is 8.42 Å². The average Bonchev–Trinajstić information content (AvgIpc) is 2.86. The van der Waals surface area contributed by atoms with Crippen molar-refractivity contribution in [2.24, 2.45) is 0 Å². The molecule has 0 radical (unpaired) electrons. The van der Waals surface area contributed by atoms with Crippen LogP contribution in [-0.4, -0.2) is 23.8 Å². The van der Waals surface area contributed by atoms with Gasteiger partial charge in [0, 0.05) is 13.0 Å². The zero-order valence-corrected chi connectivity index (χ0v) is 11.1. The van der Waals surface area contributed by atoms with Crippen LogP contribution in [0.5, 0.6) is 0 Å². The van der Waals surface area contributed by atoms with Crippen LogP contribution in [0, 0.1) is 13.8 Å². The number of nitrogens with zero attached hydrogens (tertiary/aromatic N) is 3. The van der Waals surface area contributed by atoms with Gasteiger partial charge in [-0.1, -0.05) is 5.16 Å². The molecule has 0 bridgehead atoms. The van der Waals surface area contributed by atoms with E-state index in [-0.39, 0.29) is 11.6 Å². The number of hydrogen-bond donors (Lipinski definition) is 0. The smallest absolute Gasteiger partial charge is 0.234 e. The van der Waals surface area contributed by atoms with Gasteiger partial charge < -0.3 is 8.94 Å². The highest BCUT2D eigenvalue weighted by molar-refractivity contribution is 7.90. The predicted molar refractivity (Wildman–Crippen MR) is 61.3 cm³/mol. The Labute approximate surface area is 104 Å². The van der Waals surface area contributed by atoms with Crippen LogP contribution in [0.1, 0.15) is 35.4 Å². The van der Waals surface area contributed by atoms with Crippen molar-refractivity contribution in [3.05, 3.63) is 29.3 Å². The van der Waals surface area contributed by atoms with Gasteiger partial charge in [-0.05, 0) is 13.8 Å². The Balaban J connectivity index is 2.20. The molecule has 0 aliphatic carbocycles. The largest absolute Gasteiger partial charge is 0.424 e. The van der Waals surface area contributed by atoms with Gasteiger partial charge in [0.05, 0.1) is 11.4 Å². The fourth-order valence-electron chi connectivity index (χ4n) is 1.45. The highest BCUT2D eigenvalue weighted by Crippen LogP contribution is 2.23. The lowest BCUT2D eigenvalue weighted by molar-refractivity contribution is 0.392. The molecule has 0 fully saturated rings. The normalized spacial score (nSPS) is 13.7. The zero-order valence-electron chi connectivity index (χ0n) is 10.2. The minimum absolute atomic E-state index is 0.0905. The molecule has 2 aromatic rings. The molecule has 1 unspecified atom stereocenters. The molecular formula is C10H13N3O4S. The van der Waals surface area contributed by atoms with Crippen LogP contribution < -0.4 is 0 Å². The Morgan fingerprint density at radius 3 is 2.56 bits per heavy atom. The second-order valence-electron chi connectivity index (χ2n) is 4.04. The topological polar surface area (TPSA) is 99.1 Å². The van der Waals surface area contributed by atoms with E-state index in [1.165, 1.54) is 6.92 Å². The van der Waals surface area contributed by atoms with Crippen molar-refractivity contribution in [3.8, 4) is 0 Å². The molecule has 0 N–H and O–H groups in total. The molecule has 98 valence electrons. The number of hydrogen-bond acceptors (Lipinski definition) is 7. The van der Waals surface area contributed by atoms with E-state index in [0.29, 0.717) is 17.3 Å². The maximum atomic E-state index is 12.1. The van der Waals surface area contributed by atoms with E-state index in [0.717, 1.165) is 0 Å². The fraction of sp³-hybridized carbons (Fsp3) is 0.500. The molecule has 0 aliphatic rings. The summed E-state index contributed by atoms with van der Waals surface area (Å²) in [6.07, 6.45) is 0. The third-order valence-corrected chi connectivity index (χ3v) is 4.43. The van der Waals surface area contributed by atoms with E-state index >= 15 is 0 Å². The summed E-state index contributed by atoms with van der Waals surface area (Å²) in [4.78, 5) is 0. The molecule has 7 nitrogen and oxygen atoms in total. The van der Waals surface area contributed by atoms with E-state index in [2.05, 4.69) is 15.4 Å². The molecule has 0 aromatic carbocycles. The minimum atomic E-state index is -3.46. The summed E-state index contributed by atoms with van der Waals surface area (Å²) in [5, 5.41) is 10.1. The van der Waals surface area contributed by atoms with Crippen LogP contribution in [0.15, 0.2) is 15.0 Å². The molecule has 18 heavy (non-hydrogen) atoms. The Morgan fingerprint density at radius 2 is 2.06 bits per heavy atom. The van der Waals surface area contributed by atoms with Gasteiger partial charge in [-0.3, -0.25) is 0 Å². The summed E-state index contributed by atoms with van der Waals surface area (Å²) in [5.41, 5.74) is 0.371. The summed E-state index contributed by atoms with van der Waals surface area (Å²) in [5.74, 6) is 0.783. The number of rotatable bonds is 4. The van der Waals surface area contributed by atoms with Gasteiger partial charge in [-0.2, -0.15) is 0 Å². The second kappa shape index (κ2) is 4.52. The van der Waals surface area contributed by atoms with E-state index in [1.54, 1.807) is 19.9 Å². The summed E-state index contributed by atoms with van der Waals surface area (Å²) in [6.45, 7) is 4.82. The Morgan fingerprint density at radius 1 is 1.33 bits per heavy atom. The summed E-state index contributed by atoms with van der Waals surface area (Å²) in [6, 6.07) is 1.59. The van der Waals surface area contributed by atoms with Gasteiger partial charge in [0.1, 0.15) is 11.0 Å². The van der Waals surface area contributed by atoms with Crippen molar-refractivity contribution in [1.29, 1.82) is 0 Å². The fourth-order valence-corrected chi connectivity index (χ4v) is 2.65. The van der Waals surface area contributed by atoms with Crippen molar-refractivity contribution in [3.63, 3.8) is 0 Å². The first-order valence-electron chi connectivity index (χ1n) is 5.32. The van der Waals surface area contributed by atoms with Gasteiger partial charge in [-0.15, -0.1) is 10.2 Å². The standard InChI is InChI=1S/C10H13N3O4S/c1-6-4-9(13-17-6)5-18(14,15)7(2)10-12-11-8(3)16-10/h4,7H,5H2,1-3H3. The van der Waals surface area contributed by atoms with Crippen LogP contribution >= 0.6 is 0 Å². The maximum absolute atomic E-state index is 12.1. The van der Waals surface area contributed by atoms with Gasteiger partial charge in [0.15, 0.2) is 9.84 Å². The maximum Gasteiger partial charge on any atom is 0.234 e. The zero-order chi connectivity index (χ0) is 13.3. The molecule has 0 aliphatic heterocycles. The molecule has 2 aromatic heterocycles. The van der Waals surface area contributed by atoms with Crippen LogP contribution in [0.2, 0.25) is 0 Å². The van der Waals surface area contributed by atoms with Crippen molar-refractivity contribution in [2.45, 2.75) is 31.8 Å². The van der Waals surface area contributed by atoms with Gasteiger partial charge >= 0.3 is 0 Å². The third kappa shape index (κ3) is 2.58. The first kappa shape index (κ1) is 12.7. The van der Waals surface area contributed by atoms with Crippen LogP contribution in [0.4, 0.5) is 0 Å². The van der Waals surface area contributed by atoms with Crippen molar-refractivity contribution >= 4 is 9.84 Å². The Bertz CT molecular complexity index is 644. The minimum Gasteiger partial charge on any atom is -0.424 e. The van der Waals surface area contributed by atoms with E-state index < -0.39 is 15.1 Å². The monoisotopic (exact) mass is 271 g/mol. The molecule has 8 heteroatoms. The lowest BCUT2D eigenvalue weighted by Gasteiger charge is -2.06. The SMILES string of the molecule is Cc1cc(CS(=O)(=O)C(C)c2nnc(C)o2)no1. The van der Waals surface area contributed by atoms with Gasteiger partial charge in [0.2, 0.25) is 11.8 Å². The van der Waals surface area contributed by atoms with Crippen LogP contribution in [0.25, 0.3) is 0 Å². The van der Waals surface area contributed by atoms with Crippen molar-refractivity contribution in [2.75, 3.05) is 0 Å². The summed E-state index contributed by atoms with van der Waals surface area (Å²) in [7, 11) is -3.46. The Hall–Kier alpha value is -1.70. The quantitative estimate of drug-likeness (QED) is 0.827. The summed E-state index contributed by atoms with van der Waals surface area (Å²) < 4.78 is 34.2. The highest BCUT2D eigenvalue weighted by Gasteiger charge is 2.28. The van der Waals surface area contributed by atoms with Gasteiger partial charge in [-0.25, -0.2) is 8.42 Å². The first-order valence-corrected chi connectivity index (χ1v) is 7.04. The lowest BCUT2D eigenvalue weighted by atomic mass is 10.4. The van der Waals surface area contributed by atoms with Crippen molar-refractivity contribution in [1.82, 2.24) is 15.4 Å². The molecule has 2 rings (SSSR count). The van der Waals surface area contributed by atoms with Crippen molar-refractivity contribution < 1.29 is 17.4 Å². The van der Waals surface area contributed by atoms with Crippen LogP contribution in [-0.2, 0) is 15.6 Å². The third-order valence-electron chi connectivity index (χ3n) is 2.45. The number of sulfone groups is 1. The second-order valence-corrected chi connectivity index (χ2v) is 6.36. The highest BCUT2D eigenvalue weighted by atomic mass is 32.2. The first-order chi connectivity index (χ1) is 8.38. The molecule has 1 atom stereocenters. The van der Waals surface area contributed by atoms with E-state index in [4.69, 9.17) is 8.94 Å². The number of aromatic nitrogens is 3. The molecule has 2 heterocycles. The van der Waals surface area contributed by atoms with Gasteiger partial charge in [0.25, 0.3) is 0 Å². The van der Waals surface area contributed by atoms with Crippen LogP contribution in [0.3, 0.4) is 0 Å². The molecule has 0 saturated carbocycles. The predicted octanol–water partition coefficient (Wildman–Crippen LogP) is 1.35. The lowest BCUT2D eigenvalue weighted by Crippen LogP contribution is -2.13. The summed E-state index contributed by atoms with van der Waals surface area (Å²) >= 11 is 0. The average molecular weight is 271 g/mol. The molecule has 0 saturated heterocycles. The molecule has 0 spiro atoms. The van der Waals surface area contributed by atoms with E-state index in [1.807, 2.05) is 0 Å². The molecular weight excluding hydrogens is 258 g/mol. The Kier molecular flexibility index (Phi) is 3.20.